The van der Waals surface area contributed by atoms with Gasteiger partial charge in [-0.3, -0.25) is 0 Å². The Kier molecular flexibility index (Phi) is 5.01. The van der Waals surface area contributed by atoms with Crippen molar-refractivity contribution in [1.29, 1.82) is 0 Å². The van der Waals surface area contributed by atoms with Gasteiger partial charge in [0.15, 0.2) is 0 Å². The van der Waals surface area contributed by atoms with Crippen molar-refractivity contribution < 1.29 is 5.11 Å². The van der Waals surface area contributed by atoms with Crippen molar-refractivity contribution in [2.24, 2.45) is 0 Å². The average Bonchev–Trinajstić information content (AvgIpc) is 2.38. The summed E-state index contributed by atoms with van der Waals surface area (Å²) in [6, 6.07) is 8.21. The fourth-order valence-electron chi connectivity index (χ4n) is 2.51. The molecule has 1 heterocycles. The van der Waals surface area contributed by atoms with Gasteiger partial charge in [0.1, 0.15) is 0 Å². The Hall–Kier alpha value is -0.380. The molecule has 17 heavy (non-hydrogen) atoms. The molecule has 2 nitrogen and oxygen atoms in total. The molecule has 0 saturated carbocycles. The fraction of sp³-hybridized carbons (Fsp3) is 0.571. The molecule has 94 valence electrons. The van der Waals surface area contributed by atoms with E-state index < -0.39 is 0 Å². The predicted molar refractivity (Wildman–Crippen MR) is 74.3 cm³/mol. The lowest BCUT2D eigenvalue weighted by atomic mass is 9.98. The maximum Gasteiger partial charge on any atom is 0.0512 e. The standard InChI is InChI=1S/C14H20BrNO/c15-14-7-3-2-6-13(14)12(11-17)10-16-8-4-1-5-9-16/h2-3,6-7,12,17H,1,4-5,8-11H2. The minimum Gasteiger partial charge on any atom is -0.396 e. The molecule has 1 unspecified atom stereocenters. The van der Waals surface area contributed by atoms with Crippen LogP contribution in [-0.2, 0) is 0 Å². The Morgan fingerprint density at radius 2 is 1.88 bits per heavy atom. The Bertz CT molecular complexity index is 350. The second kappa shape index (κ2) is 6.53. The van der Waals surface area contributed by atoms with Crippen LogP contribution in [0.1, 0.15) is 30.7 Å². The van der Waals surface area contributed by atoms with Gasteiger partial charge >= 0.3 is 0 Å². The van der Waals surface area contributed by atoms with E-state index in [0.29, 0.717) is 0 Å². The van der Waals surface area contributed by atoms with Gasteiger partial charge in [0.25, 0.3) is 0 Å². The SMILES string of the molecule is OCC(CN1CCCCC1)c1ccccc1Br. The molecule has 1 fully saturated rings. The third-order valence-corrected chi connectivity index (χ3v) is 4.21. The highest BCUT2D eigenvalue weighted by Gasteiger charge is 2.18. The van der Waals surface area contributed by atoms with Crippen LogP contribution < -0.4 is 0 Å². The molecule has 1 atom stereocenters. The van der Waals surface area contributed by atoms with Crippen LogP contribution in [0.4, 0.5) is 0 Å². The number of hydrogen-bond donors (Lipinski definition) is 1. The van der Waals surface area contributed by atoms with Gasteiger partial charge in [0.05, 0.1) is 6.61 Å². The van der Waals surface area contributed by atoms with Crippen LogP contribution in [0, 0.1) is 0 Å². The lowest BCUT2D eigenvalue weighted by molar-refractivity contribution is 0.178. The Morgan fingerprint density at radius 1 is 1.18 bits per heavy atom. The molecule has 2 rings (SSSR count). The number of piperidine rings is 1. The highest BCUT2D eigenvalue weighted by molar-refractivity contribution is 9.10. The smallest absolute Gasteiger partial charge is 0.0512 e. The van der Waals surface area contributed by atoms with Crippen molar-refractivity contribution in [2.75, 3.05) is 26.2 Å². The molecule has 0 aliphatic carbocycles. The van der Waals surface area contributed by atoms with Crippen molar-refractivity contribution in [3.05, 3.63) is 34.3 Å². The van der Waals surface area contributed by atoms with Crippen LogP contribution in [0.2, 0.25) is 0 Å². The number of hydrogen-bond acceptors (Lipinski definition) is 2. The number of benzene rings is 1. The largest absolute Gasteiger partial charge is 0.396 e. The summed E-state index contributed by atoms with van der Waals surface area (Å²) < 4.78 is 1.11. The second-order valence-corrected chi connectivity index (χ2v) is 5.62. The van der Waals surface area contributed by atoms with E-state index in [0.717, 1.165) is 11.0 Å². The Balaban J connectivity index is 2.03. The Labute approximate surface area is 112 Å². The molecule has 1 N–H and O–H groups in total. The van der Waals surface area contributed by atoms with E-state index in [1.165, 1.54) is 37.9 Å². The van der Waals surface area contributed by atoms with Crippen molar-refractivity contribution in [1.82, 2.24) is 4.90 Å². The zero-order valence-corrected chi connectivity index (χ0v) is 11.7. The summed E-state index contributed by atoms with van der Waals surface area (Å²) in [5, 5.41) is 9.59. The fourth-order valence-corrected chi connectivity index (χ4v) is 3.12. The van der Waals surface area contributed by atoms with Crippen LogP contribution in [0.5, 0.6) is 0 Å². The van der Waals surface area contributed by atoms with E-state index in [4.69, 9.17) is 0 Å². The third kappa shape index (κ3) is 3.54. The summed E-state index contributed by atoms with van der Waals surface area (Å²) in [7, 11) is 0. The summed E-state index contributed by atoms with van der Waals surface area (Å²) >= 11 is 3.57. The van der Waals surface area contributed by atoms with E-state index in [1.807, 2.05) is 18.2 Å². The van der Waals surface area contributed by atoms with Crippen molar-refractivity contribution in [3.8, 4) is 0 Å². The number of halogens is 1. The number of nitrogens with zero attached hydrogens (tertiary/aromatic N) is 1. The first-order valence-corrected chi connectivity index (χ1v) is 7.18. The summed E-state index contributed by atoms with van der Waals surface area (Å²) in [5.74, 6) is 0.226. The molecule has 3 heteroatoms. The summed E-state index contributed by atoms with van der Waals surface area (Å²) in [6.45, 7) is 3.56. The lowest BCUT2D eigenvalue weighted by Crippen LogP contribution is -2.34. The van der Waals surface area contributed by atoms with Crippen LogP contribution in [0.3, 0.4) is 0 Å². The minimum absolute atomic E-state index is 0.221. The first-order valence-electron chi connectivity index (χ1n) is 6.39. The molecular weight excluding hydrogens is 278 g/mol. The molecular formula is C14H20BrNO. The molecule has 0 amide bonds. The van der Waals surface area contributed by atoms with Crippen molar-refractivity contribution >= 4 is 15.9 Å². The monoisotopic (exact) mass is 297 g/mol. The van der Waals surface area contributed by atoms with Crippen LogP contribution in [0.25, 0.3) is 0 Å². The summed E-state index contributed by atoms with van der Waals surface area (Å²) in [6.07, 6.45) is 3.96. The van der Waals surface area contributed by atoms with Crippen molar-refractivity contribution in [3.63, 3.8) is 0 Å². The van der Waals surface area contributed by atoms with E-state index in [1.54, 1.807) is 0 Å². The molecule has 1 saturated heterocycles. The molecule has 1 aromatic carbocycles. The normalized spacial score (nSPS) is 19.2. The van der Waals surface area contributed by atoms with Crippen LogP contribution in [0.15, 0.2) is 28.7 Å². The van der Waals surface area contributed by atoms with Crippen LogP contribution in [-0.4, -0.2) is 36.2 Å². The van der Waals surface area contributed by atoms with Gasteiger partial charge in [-0.25, -0.2) is 0 Å². The Morgan fingerprint density at radius 3 is 2.53 bits per heavy atom. The van der Waals surface area contributed by atoms with Gasteiger partial charge in [-0.1, -0.05) is 40.5 Å². The van der Waals surface area contributed by atoms with Gasteiger partial charge in [-0.15, -0.1) is 0 Å². The number of aliphatic hydroxyl groups is 1. The summed E-state index contributed by atoms with van der Waals surface area (Å²) in [5.41, 5.74) is 1.22. The molecule has 1 aliphatic rings. The van der Waals surface area contributed by atoms with E-state index >= 15 is 0 Å². The quantitative estimate of drug-likeness (QED) is 0.923. The van der Waals surface area contributed by atoms with E-state index in [9.17, 15) is 5.11 Å². The van der Waals surface area contributed by atoms with Crippen LogP contribution >= 0.6 is 15.9 Å². The highest BCUT2D eigenvalue weighted by Crippen LogP contribution is 2.26. The first-order chi connectivity index (χ1) is 8.31. The lowest BCUT2D eigenvalue weighted by Gasteiger charge is -2.30. The van der Waals surface area contributed by atoms with E-state index in [-0.39, 0.29) is 12.5 Å². The van der Waals surface area contributed by atoms with Gasteiger partial charge in [0.2, 0.25) is 0 Å². The summed E-state index contributed by atoms with van der Waals surface area (Å²) in [4.78, 5) is 2.48. The predicted octanol–water partition coefficient (Wildman–Crippen LogP) is 3.01. The first kappa shape index (κ1) is 13.1. The second-order valence-electron chi connectivity index (χ2n) is 4.76. The van der Waals surface area contributed by atoms with Gasteiger partial charge in [-0.2, -0.15) is 0 Å². The molecule has 1 aromatic rings. The van der Waals surface area contributed by atoms with E-state index in [2.05, 4.69) is 26.9 Å². The molecule has 0 bridgehead atoms. The zero-order valence-electron chi connectivity index (χ0n) is 10.1. The third-order valence-electron chi connectivity index (χ3n) is 3.49. The molecule has 1 aliphatic heterocycles. The van der Waals surface area contributed by atoms with Gasteiger partial charge in [-0.05, 0) is 37.6 Å². The highest BCUT2D eigenvalue weighted by atomic mass is 79.9. The molecule has 0 aromatic heterocycles. The topological polar surface area (TPSA) is 23.5 Å². The maximum atomic E-state index is 9.59. The maximum absolute atomic E-state index is 9.59. The minimum atomic E-state index is 0.221. The zero-order chi connectivity index (χ0) is 12.1. The average molecular weight is 298 g/mol. The molecule has 0 radical (unpaired) electrons. The van der Waals surface area contributed by atoms with Gasteiger partial charge < -0.3 is 10.0 Å². The number of rotatable bonds is 4. The number of likely N-dealkylation sites (tertiary alicyclic amines) is 1. The van der Waals surface area contributed by atoms with Crippen molar-refractivity contribution in [2.45, 2.75) is 25.2 Å². The molecule has 0 spiro atoms. The number of aliphatic hydroxyl groups excluding tert-OH is 1. The van der Waals surface area contributed by atoms with Gasteiger partial charge in [0, 0.05) is 16.9 Å².